The third-order valence-electron chi connectivity index (χ3n) is 4.43. The van der Waals surface area contributed by atoms with E-state index in [1.807, 2.05) is 0 Å². The number of non-ortho nitro benzene ring substituents is 1. The van der Waals surface area contributed by atoms with Crippen molar-refractivity contribution in [3.63, 3.8) is 0 Å². The van der Waals surface area contributed by atoms with E-state index in [0.29, 0.717) is 11.3 Å². The van der Waals surface area contributed by atoms with Gasteiger partial charge in [-0.3, -0.25) is 10.1 Å². The third-order valence-corrected chi connectivity index (χ3v) is 4.73. The average molecular weight is 474 g/mol. The van der Waals surface area contributed by atoms with Crippen molar-refractivity contribution in [3.05, 3.63) is 94.3 Å². The maximum atomic E-state index is 12.4. The first kappa shape index (κ1) is 23.7. The molecule has 3 aromatic rings. The number of nitrogens with one attached hydrogen (secondary N) is 1. The number of aliphatic hydroxyl groups is 2. The summed E-state index contributed by atoms with van der Waals surface area (Å²) < 4.78 is 30.5. The van der Waals surface area contributed by atoms with E-state index in [2.05, 4.69) is 10.1 Å². The number of nitro benzene ring substituents is 1. The minimum absolute atomic E-state index is 0.0315. The van der Waals surface area contributed by atoms with Gasteiger partial charge in [-0.05, 0) is 42.5 Å². The number of nitro groups is 1. The van der Waals surface area contributed by atoms with Gasteiger partial charge < -0.3 is 20.3 Å². The molecule has 0 amide bonds. The highest BCUT2D eigenvalue weighted by Crippen LogP contribution is 2.23. The van der Waals surface area contributed by atoms with Crippen LogP contribution in [-0.4, -0.2) is 26.7 Å². The van der Waals surface area contributed by atoms with E-state index in [9.17, 15) is 29.1 Å². The second kappa shape index (κ2) is 10.6. The molecule has 0 atom stereocenters. The molecule has 3 N–H and O–H groups in total. The molecule has 0 fully saturated rings. The third kappa shape index (κ3) is 6.05. The molecule has 0 aliphatic rings. The number of benzene rings is 2. The first-order valence-corrected chi connectivity index (χ1v) is 9.85. The van der Waals surface area contributed by atoms with Crippen LogP contribution in [0.3, 0.4) is 0 Å². The van der Waals surface area contributed by atoms with Gasteiger partial charge >= 0.3 is 6.61 Å². The number of hydrogen-bond donors (Lipinski definition) is 3. The monoisotopic (exact) mass is 474 g/mol. The van der Waals surface area contributed by atoms with E-state index in [4.69, 9.17) is 12.2 Å². The van der Waals surface area contributed by atoms with Gasteiger partial charge in [0.2, 0.25) is 0 Å². The molecule has 0 radical (unpaired) electrons. The molecule has 3 rings (SSSR count). The standard InChI is InChI=1S/C22H17F2N3O5S/c23-22(24)32-18-9-5-16(6-10-18)25-21(33)19(26-11-1-2-14(12-26)13-28)20(29)15-3-7-17(8-4-15)27(30)31/h1-12,22,28H,13H2,(H-,25,29,33)/p+1. The summed E-state index contributed by atoms with van der Waals surface area (Å²) in [5, 5.41) is 34.3. The van der Waals surface area contributed by atoms with Gasteiger partial charge in [0.05, 0.1) is 11.5 Å². The Morgan fingerprint density at radius 2 is 1.82 bits per heavy atom. The second-order valence-corrected chi connectivity index (χ2v) is 7.04. The molecule has 0 bridgehead atoms. The Labute approximate surface area is 192 Å². The quantitative estimate of drug-likeness (QED) is 0.112. The fourth-order valence-electron chi connectivity index (χ4n) is 2.89. The number of ether oxygens (including phenoxy) is 1. The van der Waals surface area contributed by atoms with Crippen LogP contribution in [0.15, 0.2) is 73.1 Å². The van der Waals surface area contributed by atoms with Crippen molar-refractivity contribution in [1.29, 1.82) is 0 Å². The van der Waals surface area contributed by atoms with E-state index < -0.39 is 11.5 Å². The van der Waals surface area contributed by atoms with Gasteiger partial charge in [-0.15, -0.1) is 0 Å². The van der Waals surface area contributed by atoms with Crippen molar-refractivity contribution in [1.82, 2.24) is 0 Å². The predicted molar refractivity (Wildman–Crippen MR) is 121 cm³/mol. The Balaban J connectivity index is 2.00. The Hall–Kier alpha value is -3.96. The lowest BCUT2D eigenvalue weighted by Crippen LogP contribution is -2.39. The zero-order valence-corrected chi connectivity index (χ0v) is 17.7. The van der Waals surface area contributed by atoms with Crippen LogP contribution in [0.5, 0.6) is 5.75 Å². The van der Waals surface area contributed by atoms with Gasteiger partial charge in [-0.1, -0.05) is 12.2 Å². The SMILES string of the molecule is O=[N+]([O-])c1ccc(/C(O)=C(/C(=S)Nc2ccc(OC(F)F)cc2)[n+]2cccc(CO)c2)cc1. The van der Waals surface area contributed by atoms with Gasteiger partial charge in [-0.2, -0.15) is 13.3 Å². The highest BCUT2D eigenvalue weighted by Gasteiger charge is 2.25. The number of aliphatic hydroxyl groups excluding tert-OH is 2. The van der Waals surface area contributed by atoms with Crippen LogP contribution in [-0.2, 0) is 6.61 Å². The van der Waals surface area contributed by atoms with Crippen LogP contribution in [0.25, 0.3) is 11.5 Å². The van der Waals surface area contributed by atoms with Crippen molar-refractivity contribution in [2.75, 3.05) is 5.32 Å². The van der Waals surface area contributed by atoms with E-state index in [1.54, 1.807) is 24.5 Å². The number of aromatic nitrogens is 1. The summed E-state index contributed by atoms with van der Waals surface area (Å²) in [5.41, 5.74) is 1.23. The van der Waals surface area contributed by atoms with Gasteiger partial charge in [0.25, 0.3) is 11.4 Å². The molecule has 170 valence electrons. The Bertz CT molecular complexity index is 1190. The molecule has 11 heteroatoms. The zero-order chi connectivity index (χ0) is 24.0. The molecule has 0 aliphatic carbocycles. The van der Waals surface area contributed by atoms with Crippen molar-refractivity contribution >= 4 is 40.0 Å². The Morgan fingerprint density at radius 1 is 1.15 bits per heavy atom. The van der Waals surface area contributed by atoms with Crippen molar-refractivity contribution in [3.8, 4) is 5.75 Å². The molecule has 0 saturated carbocycles. The first-order valence-electron chi connectivity index (χ1n) is 9.44. The van der Waals surface area contributed by atoms with Gasteiger partial charge in [0.15, 0.2) is 23.1 Å². The lowest BCUT2D eigenvalue weighted by molar-refractivity contribution is -0.576. The number of anilines is 1. The lowest BCUT2D eigenvalue weighted by atomic mass is 10.1. The van der Waals surface area contributed by atoms with E-state index >= 15 is 0 Å². The predicted octanol–water partition coefficient (Wildman–Crippen LogP) is 4.30. The molecule has 1 heterocycles. The van der Waals surface area contributed by atoms with E-state index in [-0.39, 0.29) is 40.1 Å². The number of pyridine rings is 1. The average Bonchev–Trinajstić information content (AvgIpc) is 2.80. The van der Waals surface area contributed by atoms with Crippen molar-refractivity contribution in [2.24, 2.45) is 0 Å². The topological polar surface area (TPSA) is 109 Å². The molecule has 1 aromatic heterocycles. The molecule has 0 unspecified atom stereocenters. The maximum absolute atomic E-state index is 12.4. The largest absolute Gasteiger partial charge is 0.502 e. The Kier molecular flexibility index (Phi) is 7.59. The van der Waals surface area contributed by atoms with Crippen LogP contribution >= 0.6 is 12.2 Å². The van der Waals surface area contributed by atoms with Crippen molar-refractivity contribution < 1.29 is 33.2 Å². The molecule has 8 nitrogen and oxygen atoms in total. The van der Waals surface area contributed by atoms with Gasteiger partial charge in [-0.25, -0.2) is 0 Å². The van der Waals surface area contributed by atoms with Crippen LogP contribution in [0.1, 0.15) is 11.1 Å². The minimum Gasteiger partial charge on any atom is -0.502 e. The molecule has 0 aliphatic heterocycles. The minimum atomic E-state index is -2.95. The molecule has 0 spiro atoms. The van der Waals surface area contributed by atoms with Crippen LogP contribution < -0.4 is 14.6 Å². The van der Waals surface area contributed by atoms with Crippen LogP contribution in [0.2, 0.25) is 0 Å². The number of halogens is 2. The van der Waals surface area contributed by atoms with Crippen LogP contribution in [0, 0.1) is 10.1 Å². The van der Waals surface area contributed by atoms with Crippen LogP contribution in [0.4, 0.5) is 20.2 Å². The number of thiocarbonyl (C=S) groups is 1. The molecule has 2 aromatic carbocycles. The lowest BCUT2D eigenvalue weighted by Gasteiger charge is -2.11. The summed E-state index contributed by atoms with van der Waals surface area (Å²) in [6.07, 6.45) is 3.16. The summed E-state index contributed by atoms with van der Waals surface area (Å²) in [4.78, 5) is 10.4. The number of alkyl halides is 2. The molecular weight excluding hydrogens is 456 g/mol. The van der Waals surface area contributed by atoms with Gasteiger partial charge in [0.1, 0.15) is 5.75 Å². The summed E-state index contributed by atoms with van der Waals surface area (Å²) in [7, 11) is 0. The Morgan fingerprint density at radius 3 is 2.39 bits per heavy atom. The summed E-state index contributed by atoms with van der Waals surface area (Å²) in [6, 6.07) is 14.2. The maximum Gasteiger partial charge on any atom is 0.387 e. The second-order valence-electron chi connectivity index (χ2n) is 6.64. The summed E-state index contributed by atoms with van der Waals surface area (Å²) in [5.74, 6) is -0.309. The van der Waals surface area contributed by atoms with Crippen molar-refractivity contribution in [2.45, 2.75) is 13.2 Å². The first-order chi connectivity index (χ1) is 15.8. The highest BCUT2D eigenvalue weighted by atomic mass is 32.1. The fourth-order valence-corrected chi connectivity index (χ4v) is 3.21. The molecular formula is C22H18F2N3O5S+. The zero-order valence-electron chi connectivity index (χ0n) is 16.9. The summed E-state index contributed by atoms with van der Waals surface area (Å²) in [6.45, 7) is -3.20. The number of hydrogen-bond acceptors (Lipinski definition) is 6. The molecule has 0 saturated heterocycles. The fraction of sp³-hybridized carbons (Fsp3) is 0.0909. The summed E-state index contributed by atoms with van der Waals surface area (Å²) >= 11 is 5.49. The normalized spacial score (nSPS) is 11.6. The number of nitrogens with zero attached hydrogens (tertiary/aromatic N) is 2. The molecule has 33 heavy (non-hydrogen) atoms. The van der Waals surface area contributed by atoms with E-state index in [0.717, 1.165) is 0 Å². The van der Waals surface area contributed by atoms with E-state index in [1.165, 1.54) is 53.1 Å². The number of rotatable bonds is 8. The highest BCUT2D eigenvalue weighted by molar-refractivity contribution is 7.81. The van der Waals surface area contributed by atoms with Gasteiger partial charge in [0, 0.05) is 35.0 Å². The smallest absolute Gasteiger partial charge is 0.387 e.